The molecule has 1 aromatic carbocycles. The van der Waals surface area contributed by atoms with Crippen LogP contribution in [0.15, 0.2) is 16.6 Å². The van der Waals surface area contributed by atoms with Crippen molar-refractivity contribution in [2.24, 2.45) is 0 Å². The predicted octanol–water partition coefficient (Wildman–Crippen LogP) is 1.81. The van der Waals surface area contributed by atoms with Crippen LogP contribution in [0.5, 0.6) is 5.75 Å². The van der Waals surface area contributed by atoms with Gasteiger partial charge in [0, 0.05) is 4.47 Å². The molecule has 1 rings (SSSR count). The quantitative estimate of drug-likeness (QED) is 0.778. The Kier molecular flexibility index (Phi) is 3.10. The second-order valence-electron chi connectivity index (χ2n) is 2.45. The van der Waals surface area contributed by atoms with Crippen LogP contribution < -0.4 is 0 Å². The van der Waals surface area contributed by atoms with Crippen LogP contribution in [-0.2, 0) is 4.74 Å². The summed E-state index contributed by atoms with van der Waals surface area (Å²) in [4.78, 5) is 11.2. The van der Waals surface area contributed by atoms with Crippen LogP contribution in [0, 0.1) is 11.3 Å². The highest BCUT2D eigenvalue weighted by Gasteiger charge is 2.15. The zero-order chi connectivity index (χ0) is 10.7. The van der Waals surface area contributed by atoms with Crippen molar-refractivity contribution in [2.45, 2.75) is 0 Å². The molecule has 0 radical (unpaired) electrons. The summed E-state index contributed by atoms with van der Waals surface area (Å²) >= 11 is 3.07. The van der Waals surface area contributed by atoms with E-state index in [1.54, 1.807) is 0 Å². The molecule has 0 aliphatic rings. The molecule has 0 aromatic heterocycles. The van der Waals surface area contributed by atoms with Gasteiger partial charge in [0.25, 0.3) is 0 Å². The Bertz CT molecular complexity index is 423. The van der Waals surface area contributed by atoms with E-state index < -0.39 is 5.97 Å². The van der Waals surface area contributed by atoms with Gasteiger partial charge in [-0.2, -0.15) is 5.26 Å². The minimum absolute atomic E-state index is 0.0434. The monoisotopic (exact) mass is 255 g/mol. The molecular formula is C9H6BrNO3. The Morgan fingerprint density at radius 2 is 2.29 bits per heavy atom. The Labute approximate surface area is 88.9 Å². The largest absolute Gasteiger partial charge is 0.508 e. The first-order valence-electron chi connectivity index (χ1n) is 3.61. The third kappa shape index (κ3) is 1.86. The lowest BCUT2D eigenvalue weighted by molar-refractivity contribution is 0.0600. The van der Waals surface area contributed by atoms with Crippen LogP contribution in [0.1, 0.15) is 15.9 Å². The van der Waals surface area contributed by atoms with Gasteiger partial charge in [-0.1, -0.05) is 0 Å². The number of esters is 1. The number of halogens is 1. The third-order valence-electron chi connectivity index (χ3n) is 1.59. The molecule has 72 valence electrons. The van der Waals surface area contributed by atoms with Crippen LogP contribution in [-0.4, -0.2) is 18.2 Å². The topological polar surface area (TPSA) is 70.3 Å². The van der Waals surface area contributed by atoms with E-state index in [0.29, 0.717) is 4.47 Å². The molecule has 1 N–H and O–H groups in total. The molecule has 5 heteroatoms. The van der Waals surface area contributed by atoms with Crippen molar-refractivity contribution in [2.75, 3.05) is 7.11 Å². The molecule has 0 heterocycles. The summed E-state index contributed by atoms with van der Waals surface area (Å²) in [5, 5.41) is 18.0. The molecule has 4 nitrogen and oxygen atoms in total. The smallest absolute Gasteiger partial charge is 0.339 e. The number of carbonyl (C=O) groups is 1. The average molecular weight is 256 g/mol. The van der Waals surface area contributed by atoms with Crippen molar-refractivity contribution in [3.63, 3.8) is 0 Å². The number of benzene rings is 1. The maximum absolute atomic E-state index is 11.2. The first-order valence-corrected chi connectivity index (χ1v) is 4.40. The fraction of sp³-hybridized carbons (Fsp3) is 0.111. The number of rotatable bonds is 1. The average Bonchev–Trinajstić information content (AvgIpc) is 2.15. The fourth-order valence-corrected chi connectivity index (χ4v) is 1.51. The van der Waals surface area contributed by atoms with Crippen molar-refractivity contribution in [3.8, 4) is 11.8 Å². The second-order valence-corrected chi connectivity index (χ2v) is 3.31. The zero-order valence-electron chi connectivity index (χ0n) is 7.24. The summed E-state index contributed by atoms with van der Waals surface area (Å²) in [6.45, 7) is 0. The van der Waals surface area contributed by atoms with Gasteiger partial charge in [0.05, 0.1) is 18.2 Å². The van der Waals surface area contributed by atoms with Crippen LogP contribution >= 0.6 is 15.9 Å². The van der Waals surface area contributed by atoms with Crippen molar-refractivity contribution in [1.82, 2.24) is 0 Å². The first kappa shape index (κ1) is 10.5. The molecule has 0 aliphatic carbocycles. The summed E-state index contributed by atoms with van der Waals surface area (Å²) in [5.74, 6) is -0.755. The van der Waals surface area contributed by atoms with Gasteiger partial charge >= 0.3 is 5.97 Å². The van der Waals surface area contributed by atoms with Gasteiger partial charge in [-0.3, -0.25) is 0 Å². The van der Waals surface area contributed by atoms with Crippen LogP contribution in [0.2, 0.25) is 0 Å². The number of carbonyl (C=O) groups excluding carboxylic acids is 1. The minimum Gasteiger partial charge on any atom is -0.508 e. The lowest BCUT2D eigenvalue weighted by Gasteiger charge is -2.04. The van der Waals surface area contributed by atoms with Crippen LogP contribution in [0.3, 0.4) is 0 Å². The lowest BCUT2D eigenvalue weighted by Crippen LogP contribution is -2.04. The predicted molar refractivity (Wildman–Crippen MR) is 51.9 cm³/mol. The maximum Gasteiger partial charge on any atom is 0.339 e. The van der Waals surface area contributed by atoms with E-state index in [9.17, 15) is 9.90 Å². The van der Waals surface area contributed by atoms with Gasteiger partial charge in [-0.15, -0.1) is 0 Å². The molecule has 0 saturated carbocycles. The third-order valence-corrected chi connectivity index (χ3v) is 2.22. The molecule has 0 spiro atoms. The fourth-order valence-electron chi connectivity index (χ4n) is 0.977. The molecule has 0 amide bonds. The Hall–Kier alpha value is -1.54. The van der Waals surface area contributed by atoms with Gasteiger partial charge in [0.2, 0.25) is 0 Å². The molecule has 0 aliphatic heterocycles. The highest BCUT2D eigenvalue weighted by atomic mass is 79.9. The van der Waals surface area contributed by atoms with Crippen LogP contribution in [0.25, 0.3) is 0 Å². The van der Waals surface area contributed by atoms with Gasteiger partial charge in [-0.25, -0.2) is 4.79 Å². The molecular weight excluding hydrogens is 250 g/mol. The maximum atomic E-state index is 11.2. The first-order chi connectivity index (χ1) is 6.60. The Morgan fingerprint density at radius 1 is 1.64 bits per heavy atom. The standard InChI is InChI=1S/C9H6BrNO3/c1-14-9(13)6-2-5(12)3-8(10)7(6)4-11/h2-3,12H,1H3. The number of hydrogen-bond acceptors (Lipinski definition) is 4. The summed E-state index contributed by atoms with van der Waals surface area (Å²) in [6.07, 6.45) is 0. The zero-order valence-corrected chi connectivity index (χ0v) is 8.83. The van der Waals surface area contributed by atoms with Gasteiger partial charge in [0.15, 0.2) is 0 Å². The Balaban J connectivity index is 3.41. The van der Waals surface area contributed by atoms with Crippen molar-refractivity contribution < 1.29 is 14.6 Å². The normalized spacial score (nSPS) is 9.21. The Morgan fingerprint density at radius 3 is 2.79 bits per heavy atom. The SMILES string of the molecule is COC(=O)c1cc(O)cc(Br)c1C#N. The van der Waals surface area contributed by atoms with Crippen LogP contribution in [0.4, 0.5) is 0 Å². The highest BCUT2D eigenvalue weighted by molar-refractivity contribution is 9.10. The van der Waals surface area contributed by atoms with E-state index in [1.165, 1.54) is 19.2 Å². The molecule has 0 atom stereocenters. The summed E-state index contributed by atoms with van der Waals surface area (Å²) < 4.78 is 4.83. The molecule has 0 fully saturated rings. The van der Waals surface area contributed by atoms with E-state index in [-0.39, 0.29) is 16.9 Å². The number of hydrogen-bond donors (Lipinski definition) is 1. The van der Waals surface area contributed by atoms with Crippen molar-refractivity contribution >= 4 is 21.9 Å². The van der Waals surface area contributed by atoms with E-state index in [2.05, 4.69) is 20.7 Å². The minimum atomic E-state index is -0.654. The number of methoxy groups -OCH3 is 1. The molecule has 0 saturated heterocycles. The number of aromatic hydroxyl groups is 1. The summed E-state index contributed by atoms with van der Waals surface area (Å²) in [6, 6.07) is 4.38. The summed E-state index contributed by atoms with van der Waals surface area (Å²) in [7, 11) is 1.21. The number of phenolic OH excluding ortho intramolecular Hbond substituents is 1. The van der Waals surface area contributed by atoms with E-state index >= 15 is 0 Å². The molecule has 14 heavy (non-hydrogen) atoms. The second kappa shape index (κ2) is 4.11. The van der Waals surface area contributed by atoms with E-state index in [0.717, 1.165) is 0 Å². The highest BCUT2D eigenvalue weighted by Crippen LogP contribution is 2.26. The molecule has 0 unspecified atom stereocenters. The van der Waals surface area contributed by atoms with Gasteiger partial charge in [0.1, 0.15) is 11.8 Å². The number of nitriles is 1. The number of phenols is 1. The van der Waals surface area contributed by atoms with E-state index in [1.807, 2.05) is 6.07 Å². The molecule has 0 bridgehead atoms. The van der Waals surface area contributed by atoms with Gasteiger partial charge < -0.3 is 9.84 Å². The van der Waals surface area contributed by atoms with Gasteiger partial charge in [-0.05, 0) is 28.1 Å². The number of ether oxygens (including phenoxy) is 1. The number of nitrogens with zero attached hydrogens (tertiary/aromatic N) is 1. The lowest BCUT2D eigenvalue weighted by atomic mass is 10.1. The molecule has 1 aromatic rings. The van der Waals surface area contributed by atoms with E-state index in [4.69, 9.17) is 5.26 Å². The summed E-state index contributed by atoms with van der Waals surface area (Å²) in [5.41, 5.74) is 0.191. The van der Waals surface area contributed by atoms with Crippen molar-refractivity contribution in [3.05, 3.63) is 27.7 Å². The van der Waals surface area contributed by atoms with Crippen molar-refractivity contribution in [1.29, 1.82) is 5.26 Å².